The minimum Gasteiger partial charge on any atom is -0.467 e. The third-order valence-electron chi connectivity index (χ3n) is 3.69. The fraction of sp³-hybridized carbons (Fsp3) is 0.263. The lowest BCUT2D eigenvalue weighted by atomic mass is 9.99. The van der Waals surface area contributed by atoms with Crippen LogP contribution < -0.4 is 9.64 Å². The topological polar surface area (TPSA) is 65.1 Å². The molecule has 6 nitrogen and oxygen atoms in total. The zero-order valence-electron chi connectivity index (χ0n) is 15.0. The van der Waals surface area contributed by atoms with Crippen molar-refractivity contribution in [3.8, 4) is 5.75 Å². The van der Waals surface area contributed by atoms with E-state index in [1.54, 1.807) is 19.0 Å². The molecule has 2 aromatic rings. The van der Waals surface area contributed by atoms with E-state index < -0.39 is 17.6 Å². The molecule has 7 heteroatoms. The molecule has 0 unspecified atom stereocenters. The molecule has 0 amide bonds. The van der Waals surface area contributed by atoms with Gasteiger partial charge in [-0.3, -0.25) is 4.79 Å². The molecule has 0 bridgehead atoms. The van der Waals surface area contributed by atoms with Crippen LogP contribution in [0.2, 0.25) is 0 Å². The first kappa shape index (κ1) is 19.4. The molecule has 2 aromatic carbocycles. The number of methoxy groups -OCH3 is 2. The van der Waals surface area contributed by atoms with E-state index in [4.69, 9.17) is 9.47 Å². The van der Waals surface area contributed by atoms with Gasteiger partial charge in [-0.15, -0.1) is 0 Å². The Kier molecular flexibility index (Phi) is 6.30. The fourth-order valence-corrected chi connectivity index (χ4v) is 2.37. The van der Waals surface area contributed by atoms with Gasteiger partial charge in [0.25, 0.3) is 0 Å². The maximum Gasteiger partial charge on any atom is 0.337 e. The average molecular weight is 361 g/mol. The van der Waals surface area contributed by atoms with Crippen LogP contribution in [0.15, 0.2) is 36.4 Å². The van der Waals surface area contributed by atoms with Crippen LogP contribution in [0.3, 0.4) is 0 Å². The normalized spacial score (nSPS) is 10.3. The molecule has 138 valence electrons. The minimum atomic E-state index is -0.689. The number of ketones is 1. The van der Waals surface area contributed by atoms with Crippen molar-refractivity contribution in [2.45, 2.75) is 0 Å². The van der Waals surface area contributed by atoms with Gasteiger partial charge in [-0.1, -0.05) is 12.1 Å². The predicted molar refractivity (Wildman–Crippen MR) is 94.4 cm³/mol. The number of benzene rings is 2. The Morgan fingerprint density at radius 1 is 1.00 bits per heavy atom. The van der Waals surface area contributed by atoms with Crippen LogP contribution in [-0.4, -0.2) is 46.9 Å². The first-order valence-electron chi connectivity index (χ1n) is 7.75. The highest BCUT2D eigenvalue weighted by Gasteiger charge is 2.23. The molecular formula is C19H20FNO5. The van der Waals surface area contributed by atoms with Crippen LogP contribution in [0.4, 0.5) is 10.1 Å². The summed E-state index contributed by atoms with van der Waals surface area (Å²) < 4.78 is 29.8. The molecule has 0 aliphatic carbocycles. The molecule has 0 heterocycles. The number of hydrogen-bond acceptors (Lipinski definition) is 6. The van der Waals surface area contributed by atoms with E-state index in [1.807, 2.05) is 0 Å². The lowest BCUT2D eigenvalue weighted by molar-refractivity contribution is 0.0500. The van der Waals surface area contributed by atoms with Gasteiger partial charge < -0.3 is 19.1 Å². The van der Waals surface area contributed by atoms with E-state index in [-0.39, 0.29) is 29.4 Å². The molecule has 0 aromatic heterocycles. The summed E-state index contributed by atoms with van der Waals surface area (Å²) >= 11 is 0. The van der Waals surface area contributed by atoms with E-state index in [0.717, 1.165) is 0 Å². The van der Waals surface area contributed by atoms with E-state index in [2.05, 4.69) is 4.74 Å². The molecule has 0 saturated carbocycles. The number of halogens is 1. The van der Waals surface area contributed by atoms with Gasteiger partial charge in [-0.2, -0.15) is 0 Å². The number of nitrogens with zero attached hydrogens (tertiary/aromatic N) is 1. The second-order valence-corrected chi connectivity index (χ2v) is 5.62. The van der Waals surface area contributed by atoms with Crippen LogP contribution in [-0.2, 0) is 9.47 Å². The van der Waals surface area contributed by atoms with Crippen molar-refractivity contribution < 1.29 is 28.2 Å². The zero-order chi connectivity index (χ0) is 19.3. The smallest absolute Gasteiger partial charge is 0.337 e. The molecule has 2 rings (SSSR count). The van der Waals surface area contributed by atoms with Crippen molar-refractivity contribution in [3.63, 3.8) is 0 Å². The molecule has 0 fully saturated rings. The zero-order valence-corrected chi connectivity index (χ0v) is 15.0. The highest BCUT2D eigenvalue weighted by molar-refractivity contribution is 6.11. The molecular weight excluding hydrogens is 341 g/mol. The van der Waals surface area contributed by atoms with Gasteiger partial charge in [-0.05, 0) is 24.3 Å². The number of carbonyl (C=O) groups is 2. The molecule has 26 heavy (non-hydrogen) atoms. The first-order valence-corrected chi connectivity index (χ1v) is 7.75. The second-order valence-electron chi connectivity index (χ2n) is 5.62. The largest absolute Gasteiger partial charge is 0.467 e. The number of hydrogen-bond donors (Lipinski definition) is 0. The number of carbonyl (C=O) groups excluding carboxylic acids is 2. The molecule has 0 N–H and O–H groups in total. The Bertz CT molecular complexity index is 802. The van der Waals surface area contributed by atoms with Gasteiger partial charge >= 0.3 is 5.97 Å². The first-order chi connectivity index (χ1) is 12.4. The van der Waals surface area contributed by atoms with Crippen molar-refractivity contribution in [2.24, 2.45) is 0 Å². The highest BCUT2D eigenvalue weighted by Crippen LogP contribution is 2.31. The SMILES string of the molecule is COCOc1ccc(N(C)C)c(F)c1C(=O)c1ccc(C(=O)OC)cc1. The third-order valence-corrected chi connectivity index (χ3v) is 3.69. The van der Waals surface area contributed by atoms with E-state index in [0.29, 0.717) is 5.56 Å². The van der Waals surface area contributed by atoms with Gasteiger partial charge in [0, 0.05) is 26.8 Å². The Balaban J connectivity index is 2.48. The van der Waals surface area contributed by atoms with Gasteiger partial charge in [0.15, 0.2) is 18.4 Å². The van der Waals surface area contributed by atoms with Crippen molar-refractivity contribution in [1.82, 2.24) is 0 Å². The van der Waals surface area contributed by atoms with Crippen LogP contribution in [0, 0.1) is 5.82 Å². The summed E-state index contributed by atoms with van der Waals surface area (Å²) in [6.07, 6.45) is 0. The maximum atomic E-state index is 15.0. The monoisotopic (exact) mass is 361 g/mol. The van der Waals surface area contributed by atoms with Gasteiger partial charge in [0.1, 0.15) is 11.3 Å². The second kappa shape index (κ2) is 8.44. The lowest BCUT2D eigenvalue weighted by Gasteiger charge is -2.18. The Hall–Kier alpha value is -2.93. The van der Waals surface area contributed by atoms with Gasteiger partial charge in [-0.25, -0.2) is 9.18 Å². The Labute approximate surface area is 151 Å². The van der Waals surface area contributed by atoms with E-state index >= 15 is 0 Å². The molecule has 0 aliphatic heterocycles. The van der Waals surface area contributed by atoms with Crippen molar-refractivity contribution in [3.05, 3.63) is 58.9 Å². The number of esters is 1. The number of anilines is 1. The van der Waals surface area contributed by atoms with Crippen LogP contribution >= 0.6 is 0 Å². The summed E-state index contributed by atoms with van der Waals surface area (Å²) in [5.74, 6) is -1.69. The Morgan fingerprint density at radius 2 is 1.62 bits per heavy atom. The molecule has 0 radical (unpaired) electrons. The molecule has 0 aliphatic rings. The summed E-state index contributed by atoms with van der Waals surface area (Å²) in [7, 11) is 6.04. The quantitative estimate of drug-likeness (QED) is 0.429. The number of rotatable bonds is 7. The highest BCUT2D eigenvalue weighted by atomic mass is 19.1. The van der Waals surface area contributed by atoms with Gasteiger partial charge in [0.2, 0.25) is 0 Å². The van der Waals surface area contributed by atoms with Crippen molar-refractivity contribution >= 4 is 17.4 Å². The summed E-state index contributed by atoms with van der Waals surface area (Å²) in [6.45, 7) is -0.123. The Morgan fingerprint density at radius 3 is 2.15 bits per heavy atom. The van der Waals surface area contributed by atoms with Crippen molar-refractivity contribution in [1.29, 1.82) is 0 Å². The summed E-state index contributed by atoms with van der Waals surface area (Å²) in [6, 6.07) is 8.82. The summed E-state index contributed by atoms with van der Waals surface area (Å²) in [4.78, 5) is 25.9. The molecule has 0 atom stereocenters. The predicted octanol–water partition coefficient (Wildman–Crippen LogP) is 2.89. The standard InChI is InChI=1S/C19H20FNO5/c1-21(2)14-9-10-15(26-11-24-3)16(17(14)20)18(22)12-5-7-13(8-6-12)19(23)25-4/h5-10H,11H2,1-4H3. The van der Waals surface area contributed by atoms with Crippen LogP contribution in [0.5, 0.6) is 5.75 Å². The van der Waals surface area contributed by atoms with E-state index in [9.17, 15) is 14.0 Å². The maximum absolute atomic E-state index is 15.0. The number of ether oxygens (including phenoxy) is 3. The van der Waals surface area contributed by atoms with Crippen LogP contribution in [0.25, 0.3) is 0 Å². The lowest BCUT2D eigenvalue weighted by Crippen LogP contribution is -2.16. The minimum absolute atomic E-state index is 0.0806. The average Bonchev–Trinajstić information content (AvgIpc) is 2.65. The van der Waals surface area contributed by atoms with E-state index in [1.165, 1.54) is 50.6 Å². The fourth-order valence-electron chi connectivity index (χ4n) is 2.37. The molecule has 0 saturated heterocycles. The summed E-state index contributed by atoms with van der Waals surface area (Å²) in [5, 5.41) is 0. The summed E-state index contributed by atoms with van der Waals surface area (Å²) in [5.41, 5.74) is 0.570. The third kappa shape index (κ3) is 4.00. The van der Waals surface area contributed by atoms with Crippen LogP contribution in [0.1, 0.15) is 26.3 Å². The van der Waals surface area contributed by atoms with Crippen molar-refractivity contribution in [2.75, 3.05) is 40.0 Å². The molecule has 0 spiro atoms. The van der Waals surface area contributed by atoms with Gasteiger partial charge in [0.05, 0.1) is 18.4 Å².